The number of carboxylic acids is 1. The molecule has 1 aromatic heterocycles. The van der Waals surface area contributed by atoms with Gasteiger partial charge >= 0.3 is 5.97 Å². The fourth-order valence-corrected chi connectivity index (χ4v) is 3.44. The van der Waals surface area contributed by atoms with E-state index < -0.39 is 11.5 Å². The number of carbonyl (C=O) groups excluding carboxylic acids is 1. The second-order valence-electron chi connectivity index (χ2n) is 6.83. The lowest BCUT2D eigenvalue weighted by molar-refractivity contribution is -0.140. The number of aryl methyl sites for hydroxylation is 2. The highest BCUT2D eigenvalue weighted by atomic mass is 16.5. The molecule has 0 spiro atoms. The van der Waals surface area contributed by atoms with Crippen LogP contribution in [0.3, 0.4) is 0 Å². The van der Waals surface area contributed by atoms with Crippen molar-refractivity contribution in [2.45, 2.75) is 45.1 Å². The first-order chi connectivity index (χ1) is 11.9. The van der Waals surface area contributed by atoms with E-state index >= 15 is 0 Å². The van der Waals surface area contributed by atoms with Crippen molar-refractivity contribution in [1.82, 2.24) is 5.32 Å². The number of rotatable bonds is 5. The molecule has 1 amide bonds. The Kier molecular flexibility index (Phi) is 4.81. The van der Waals surface area contributed by atoms with Crippen LogP contribution in [0.1, 0.15) is 36.0 Å². The van der Waals surface area contributed by atoms with Gasteiger partial charge in [-0.05, 0) is 37.8 Å². The first kappa shape index (κ1) is 17.5. The first-order valence-corrected chi connectivity index (χ1v) is 8.47. The van der Waals surface area contributed by atoms with E-state index in [9.17, 15) is 14.7 Å². The van der Waals surface area contributed by atoms with Crippen LogP contribution in [0, 0.1) is 13.8 Å². The normalized spacial score (nSPS) is 16.7. The van der Waals surface area contributed by atoms with Crippen LogP contribution in [0.5, 0.6) is 0 Å². The first-order valence-electron chi connectivity index (χ1n) is 8.47. The van der Waals surface area contributed by atoms with Gasteiger partial charge in [0.15, 0.2) is 0 Å². The largest absolute Gasteiger partial charge is 0.481 e. The number of benzene rings is 1. The summed E-state index contributed by atoms with van der Waals surface area (Å²) in [5.41, 5.74) is 3.09. The molecule has 6 nitrogen and oxygen atoms in total. The third kappa shape index (κ3) is 3.69. The summed E-state index contributed by atoms with van der Waals surface area (Å²) in [4.78, 5) is 23.8. The Morgan fingerprint density at radius 2 is 1.96 bits per heavy atom. The van der Waals surface area contributed by atoms with E-state index in [4.69, 9.17) is 9.15 Å². The Hall–Kier alpha value is -2.34. The van der Waals surface area contributed by atoms with Crippen LogP contribution < -0.4 is 5.32 Å². The predicted octanol–water partition coefficient (Wildman–Crippen LogP) is 2.73. The molecule has 1 fully saturated rings. The van der Waals surface area contributed by atoms with Crippen LogP contribution >= 0.6 is 0 Å². The van der Waals surface area contributed by atoms with Gasteiger partial charge in [-0.25, -0.2) is 0 Å². The molecule has 1 aliphatic heterocycles. The highest BCUT2D eigenvalue weighted by Gasteiger charge is 2.36. The fourth-order valence-electron chi connectivity index (χ4n) is 3.44. The zero-order chi connectivity index (χ0) is 18.0. The number of aliphatic carboxylic acids is 1. The maximum atomic E-state index is 12.6. The van der Waals surface area contributed by atoms with Gasteiger partial charge in [-0.15, -0.1) is 0 Å². The Balaban J connectivity index is 1.77. The van der Waals surface area contributed by atoms with E-state index in [1.54, 1.807) is 6.26 Å². The van der Waals surface area contributed by atoms with E-state index in [1.807, 2.05) is 26.0 Å². The number of carboxylic acid groups (broad SMARTS) is 1. The number of carbonyl (C=O) groups is 2. The van der Waals surface area contributed by atoms with Crippen LogP contribution in [0.15, 0.2) is 22.8 Å². The Morgan fingerprint density at radius 3 is 2.64 bits per heavy atom. The van der Waals surface area contributed by atoms with Crippen molar-refractivity contribution in [2.75, 3.05) is 13.2 Å². The Bertz CT molecular complexity index is 801. The lowest BCUT2D eigenvalue weighted by atomic mass is 9.86. The summed E-state index contributed by atoms with van der Waals surface area (Å²) >= 11 is 0. The number of amides is 1. The molecule has 1 saturated heterocycles. The van der Waals surface area contributed by atoms with Crippen molar-refractivity contribution in [2.24, 2.45) is 0 Å². The molecule has 25 heavy (non-hydrogen) atoms. The van der Waals surface area contributed by atoms with Crippen molar-refractivity contribution < 1.29 is 23.8 Å². The average Bonchev–Trinajstić information content (AvgIpc) is 2.94. The zero-order valence-electron chi connectivity index (χ0n) is 14.6. The number of ether oxygens (including phenoxy) is 1. The van der Waals surface area contributed by atoms with Gasteiger partial charge in [0.2, 0.25) is 5.91 Å². The smallest absolute Gasteiger partial charge is 0.305 e. The second-order valence-corrected chi connectivity index (χ2v) is 6.83. The molecule has 2 aromatic rings. The Labute approximate surface area is 146 Å². The molecular formula is C19H23NO5. The van der Waals surface area contributed by atoms with E-state index in [0.29, 0.717) is 26.1 Å². The van der Waals surface area contributed by atoms with Gasteiger partial charge in [0.1, 0.15) is 5.58 Å². The molecule has 0 unspecified atom stereocenters. The van der Waals surface area contributed by atoms with Crippen molar-refractivity contribution >= 4 is 22.8 Å². The van der Waals surface area contributed by atoms with Crippen molar-refractivity contribution in [3.8, 4) is 0 Å². The van der Waals surface area contributed by atoms with Gasteiger partial charge in [-0.1, -0.05) is 12.1 Å². The van der Waals surface area contributed by atoms with Gasteiger partial charge in [-0.3, -0.25) is 9.59 Å². The summed E-state index contributed by atoms with van der Waals surface area (Å²) in [5, 5.41) is 13.1. The van der Waals surface area contributed by atoms with Gasteiger partial charge in [0.05, 0.1) is 24.6 Å². The van der Waals surface area contributed by atoms with Crippen molar-refractivity contribution in [3.63, 3.8) is 0 Å². The highest BCUT2D eigenvalue weighted by Crippen LogP contribution is 2.28. The fraction of sp³-hybridized carbons (Fsp3) is 0.474. The molecule has 0 aliphatic carbocycles. The number of nitrogens with one attached hydrogen (secondary N) is 1. The lowest BCUT2D eigenvalue weighted by Crippen LogP contribution is -2.53. The highest BCUT2D eigenvalue weighted by molar-refractivity contribution is 5.90. The summed E-state index contributed by atoms with van der Waals surface area (Å²) in [7, 11) is 0. The molecular weight excluding hydrogens is 322 g/mol. The molecule has 0 bridgehead atoms. The van der Waals surface area contributed by atoms with Gasteiger partial charge < -0.3 is 19.6 Å². The van der Waals surface area contributed by atoms with E-state index in [2.05, 4.69) is 5.32 Å². The van der Waals surface area contributed by atoms with Gasteiger partial charge in [-0.2, -0.15) is 0 Å². The molecule has 0 radical (unpaired) electrons. The number of furan rings is 1. The molecule has 6 heteroatoms. The Morgan fingerprint density at radius 1 is 1.24 bits per heavy atom. The van der Waals surface area contributed by atoms with Crippen LogP contribution in [-0.4, -0.2) is 35.7 Å². The minimum Gasteiger partial charge on any atom is -0.481 e. The van der Waals surface area contributed by atoms with Crippen LogP contribution in [0.4, 0.5) is 0 Å². The van der Waals surface area contributed by atoms with Gasteiger partial charge in [0, 0.05) is 24.2 Å². The predicted molar refractivity (Wildman–Crippen MR) is 92.6 cm³/mol. The summed E-state index contributed by atoms with van der Waals surface area (Å²) in [6.07, 6.45) is 2.71. The number of hydrogen-bond donors (Lipinski definition) is 2. The van der Waals surface area contributed by atoms with Crippen molar-refractivity contribution in [3.05, 3.63) is 35.1 Å². The summed E-state index contributed by atoms with van der Waals surface area (Å²) in [5.74, 6) is -1.11. The average molecular weight is 345 g/mol. The molecule has 0 saturated carbocycles. The van der Waals surface area contributed by atoms with E-state index in [1.165, 1.54) is 0 Å². The zero-order valence-corrected chi connectivity index (χ0v) is 14.6. The summed E-state index contributed by atoms with van der Waals surface area (Å²) in [6, 6.07) is 3.98. The maximum Gasteiger partial charge on any atom is 0.305 e. The minimum absolute atomic E-state index is 0.0907. The molecule has 2 N–H and O–H groups in total. The van der Waals surface area contributed by atoms with Crippen LogP contribution in [0.25, 0.3) is 11.0 Å². The molecule has 3 rings (SSSR count). The number of hydrogen-bond acceptors (Lipinski definition) is 4. The quantitative estimate of drug-likeness (QED) is 0.870. The third-order valence-electron chi connectivity index (χ3n) is 5.04. The molecule has 0 atom stereocenters. The van der Waals surface area contributed by atoms with Crippen molar-refractivity contribution in [1.29, 1.82) is 0 Å². The number of fused-ring (bicyclic) bond motifs is 1. The molecule has 134 valence electrons. The molecule has 2 heterocycles. The van der Waals surface area contributed by atoms with E-state index in [-0.39, 0.29) is 18.7 Å². The summed E-state index contributed by atoms with van der Waals surface area (Å²) in [6.45, 7) is 4.93. The lowest BCUT2D eigenvalue weighted by Gasteiger charge is -2.36. The SMILES string of the molecule is Cc1ccc2c(CC(=O)NC3(CC(=O)O)CCOCC3)coc2c1C. The van der Waals surface area contributed by atoms with E-state index in [0.717, 1.165) is 27.7 Å². The monoisotopic (exact) mass is 345 g/mol. The second kappa shape index (κ2) is 6.88. The van der Waals surface area contributed by atoms with Crippen LogP contribution in [-0.2, 0) is 20.7 Å². The van der Waals surface area contributed by atoms with Gasteiger partial charge in [0.25, 0.3) is 0 Å². The van der Waals surface area contributed by atoms with Crippen LogP contribution in [0.2, 0.25) is 0 Å². The molecule has 1 aliphatic rings. The third-order valence-corrected chi connectivity index (χ3v) is 5.04. The standard InChI is InChI=1S/C19H23NO5/c1-12-3-4-15-14(11-25-18(15)13(12)2)9-16(21)20-19(10-17(22)23)5-7-24-8-6-19/h3-4,11H,5-10H2,1-2H3,(H,20,21)(H,22,23). The summed E-state index contributed by atoms with van der Waals surface area (Å²) < 4.78 is 11.0. The maximum absolute atomic E-state index is 12.6. The molecule has 1 aromatic carbocycles. The minimum atomic E-state index is -0.915. The topological polar surface area (TPSA) is 88.8 Å².